The number of aliphatic hydroxyl groups excluding tert-OH is 1. The molecular formula is C56H91N7O12. The zero-order valence-electron chi connectivity index (χ0n) is 47.3. The number of aliphatic hydroxyl groups is 1. The van der Waals surface area contributed by atoms with Gasteiger partial charge in [0.2, 0.25) is 29.5 Å². The first kappa shape index (κ1) is 63.7. The summed E-state index contributed by atoms with van der Waals surface area (Å²) in [7, 11) is 5.90. The summed E-state index contributed by atoms with van der Waals surface area (Å²) in [6.45, 7) is 16.3. The van der Waals surface area contributed by atoms with Gasteiger partial charge in [-0.1, -0.05) is 112 Å². The van der Waals surface area contributed by atoms with Gasteiger partial charge in [-0.15, -0.1) is 0 Å². The molecule has 2 heterocycles. The number of nitrogens with one attached hydrogen (secondary N) is 3. The highest BCUT2D eigenvalue weighted by molar-refractivity contribution is 5.98. The molecule has 0 bridgehead atoms. The Morgan fingerprint density at radius 2 is 1.21 bits per heavy atom. The van der Waals surface area contributed by atoms with E-state index in [0.717, 1.165) is 54.3 Å². The number of nitrogens with zero attached hydrogens (tertiary/aromatic N) is 4. The molecule has 0 radical (unpaired) electrons. The molecule has 19 nitrogen and oxygen atoms in total. The van der Waals surface area contributed by atoms with Crippen LogP contribution in [0.15, 0.2) is 30.5 Å². The summed E-state index contributed by atoms with van der Waals surface area (Å²) in [4.78, 5) is 126. The Hall–Kier alpha value is -5.56. The van der Waals surface area contributed by atoms with Gasteiger partial charge in [-0.05, 0) is 67.9 Å². The molecule has 422 valence electrons. The van der Waals surface area contributed by atoms with Gasteiger partial charge >= 0.3 is 5.97 Å². The number of unbranched alkanes of at least 4 members (excludes halogenated alkanes) is 2. The number of carbonyl (C=O) groups excluding carboxylic acids is 8. The second kappa shape index (κ2) is 31.5. The number of para-hydroxylation sites is 1. The molecule has 1 fully saturated rings. The van der Waals surface area contributed by atoms with Crippen molar-refractivity contribution in [2.75, 3.05) is 48.1 Å². The lowest BCUT2D eigenvalue weighted by atomic mass is 9.94. The number of benzene rings is 1. The van der Waals surface area contributed by atoms with Gasteiger partial charge in [-0.25, -0.2) is 4.79 Å². The maximum Gasteiger partial charge on any atom is 0.329 e. The molecule has 1 aliphatic rings. The fourth-order valence-corrected chi connectivity index (χ4v) is 9.61. The van der Waals surface area contributed by atoms with E-state index in [9.17, 15) is 33.9 Å². The van der Waals surface area contributed by atoms with Crippen molar-refractivity contribution >= 4 is 58.1 Å². The zero-order chi connectivity index (χ0) is 56.1. The lowest BCUT2D eigenvalue weighted by molar-refractivity contribution is -0.164. The zero-order valence-corrected chi connectivity index (χ0v) is 47.3. The fraction of sp³-hybridized carbons (Fsp3) is 0.714. The molecular weight excluding hydrogens is 963 g/mol. The van der Waals surface area contributed by atoms with E-state index >= 15 is 9.59 Å². The summed E-state index contributed by atoms with van der Waals surface area (Å²) in [6.07, 6.45) is 5.19. The number of ether oxygens (including phenoxy) is 2. The van der Waals surface area contributed by atoms with Crippen LogP contribution in [-0.2, 0) is 54.3 Å². The predicted molar refractivity (Wildman–Crippen MR) is 287 cm³/mol. The number of ketones is 1. The maximum absolute atomic E-state index is 15.2. The SMILES string of the molecule is CCCC[C@@H](C)C[C@@H]1NC(=O)[C@H](Cc2cn(OC)c3ccccc23)N(C)C(=O)[C@H](CC(C)C)NC(=O)[C@H](CC(C)C)N(C)C(=O)[C@H](C[C@H](C)CCCC)NC(=O)C(CCC(=O)COCCO)OC(=O)C(C)N(C)C1=O. The Kier molecular flexibility index (Phi) is 26.7. The number of fused-ring (bicyclic) bond motifs is 1. The van der Waals surface area contributed by atoms with Crippen molar-refractivity contribution < 1.29 is 57.8 Å². The summed E-state index contributed by atoms with van der Waals surface area (Å²) in [5, 5.41) is 18.8. The Bertz CT molecular complexity index is 2200. The van der Waals surface area contributed by atoms with Crippen LogP contribution >= 0.6 is 0 Å². The molecule has 2 aromatic rings. The van der Waals surface area contributed by atoms with Crippen molar-refractivity contribution in [2.24, 2.45) is 23.7 Å². The van der Waals surface area contributed by atoms with E-state index in [1.165, 1.54) is 45.0 Å². The highest BCUT2D eigenvalue weighted by atomic mass is 16.6. The first-order valence-electron chi connectivity index (χ1n) is 27.2. The largest absolute Gasteiger partial charge is 0.451 e. The van der Waals surface area contributed by atoms with Gasteiger partial charge in [0.25, 0.3) is 5.91 Å². The van der Waals surface area contributed by atoms with Crippen LogP contribution in [0.1, 0.15) is 145 Å². The number of likely N-dealkylation sites (N-methyl/N-ethyl adjacent to an activating group) is 3. The van der Waals surface area contributed by atoms with Crippen LogP contribution in [-0.4, -0.2) is 162 Å². The third-order valence-corrected chi connectivity index (χ3v) is 14.2. The molecule has 75 heavy (non-hydrogen) atoms. The number of hydrogen-bond acceptors (Lipinski definition) is 12. The second-order valence-electron chi connectivity index (χ2n) is 21.6. The van der Waals surface area contributed by atoms with Crippen LogP contribution in [0.5, 0.6) is 0 Å². The Morgan fingerprint density at radius 1 is 0.707 bits per heavy atom. The summed E-state index contributed by atoms with van der Waals surface area (Å²) < 4.78 is 12.7. The number of rotatable bonds is 24. The normalized spacial score (nSPS) is 23.2. The molecule has 3 rings (SSSR count). The predicted octanol–water partition coefficient (Wildman–Crippen LogP) is 5.01. The van der Waals surface area contributed by atoms with Crippen molar-refractivity contribution in [3.63, 3.8) is 0 Å². The van der Waals surface area contributed by atoms with Crippen molar-refractivity contribution in [3.05, 3.63) is 36.0 Å². The standard InChI is InChI=1S/C56H91N7O12/c1-14-16-20-37(7)30-44-53(69)60(10)39(9)56(72)75-49(25-24-41(65)34-74-27-26-64)52(68)59-45(31-38(8)21-17-15-2)55(71)61(11)47(29-36(5)6)50(66)57-43(28-35(3)4)54(70)62(12)48(51(67)58-44)32-40-33-63(73-13)46-23-19-18-22-42(40)46/h18-19,22-23,33,35-39,43-45,47-49,64H,14-17,20-21,24-32,34H2,1-13H3,(H,57,66)(H,58,67)(H,59,68)/t37-,38-,39?,43+,44+,45+,47+,48+,49?/m1/s1. The van der Waals surface area contributed by atoms with E-state index in [4.69, 9.17) is 14.3 Å². The van der Waals surface area contributed by atoms with Crippen LogP contribution in [0.2, 0.25) is 0 Å². The molecule has 1 aromatic carbocycles. The van der Waals surface area contributed by atoms with Crippen LogP contribution in [0, 0.1) is 23.7 Å². The number of Topliss-reactive ketones (excluding diaryl/α,β-unsaturated/α-hetero) is 1. The van der Waals surface area contributed by atoms with Crippen molar-refractivity contribution in [1.82, 2.24) is 35.4 Å². The Labute approximate surface area is 445 Å². The van der Waals surface area contributed by atoms with Crippen LogP contribution < -0.4 is 20.8 Å². The number of carbonyl (C=O) groups is 8. The van der Waals surface area contributed by atoms with E-state index in [-0.39, 0.29) is 88.4 Å². The first-order chi connectivity index (χ1) is 35.5. The molecule has 2 unspecified atom stereocenters. The van der Waals surface area contributed by atoms with Gasteiger partial charge in [0.05, 0.1) is 18.7 Å². The van der Waals surface area contributed by atoms with Crippen molar-refractivity contribution in [2.45, 2.75) is 188 Å². The Morgan fingerprint density at radius 3 is 1.75 bits per heavy atom. The van der Waals surface area contributed by atoms with Crippen molar-refractivity contribution in [3.8, 4) is 0 Å². The Balaban J connectivity index is 2.34. The third-order valence-electron chi connectivity index (χ3n) is 14.2. The van der Waals surface area contributed by atoms with Crippen molar-refractivity contribution in [1.29, 1.82) is 0 Å². The monoisotopic (exact) mass is 1050 g/mol. The van der Waals surface area contributed by atoms with Crippen LogP contribution in [0.4, 0.5) is 0 Å². The summed E-state index contributed by atoms with van der Waals surface area (Å²) >= 11 is 0. The van der Waals surface area contributed by atoms with E-state index < -0.39 is 89.6 Å². The molecule has 6 amide bonds. The number of cyclic esters (lactones) is 1. The topological polar surface area (TPSA) is 235 Å². The molecule has 1 aliphatic heterocycles. The van der Waals surface area contributed by atoms with E-state index in [1.807, 2.05) is 72.7 Å². The minimum absolute atomic E-state index is 0.0259. The van der Waals surface area contributed by atoms with Crippen LogP contribution in [0.3, 0.4) is 0 Å². The smallest absolute Gasteiger partial charge is 0.329 e. The average Bonchev–Trinajstić information content (AvgIpc) is 3.73. The van der Waals surface area contributed by atoms with Gasteiger partial charge < -0.3 is 50.1 Å². The molecule has 0 spiro atoms. The van der Waals surface area contributed by atoms with Crippen LogP contribution in [0.25, 0.3) is 10.9 Å². The molecule has 1 aromatic heterocycles. The highest BCUT2D eigenvalue weighted by Gasteiger charge is 2.41. The number of aromatic nitrogens is 1. The van der Waals surface area contributed by atoms with Gasteiger partial charge in [-0.2, -0.15) is 4.73 Å². The molecule has 9 atom stereocenters. The quantitative estimate of drug-likeness (QED) is 0.0803. The molecule has 4 N–H and O–H groups in total. The van der Waals surface area contributed by atoms with E-state index in [2.05, 4.69) is 22.9 Å². The summed E-state index contributed by atoms with van der Waals surface area (Å²) in [5.74, 6) is -5.72. The fourth-order valence-electron chi connectivity index (χ4n) is 9.61. The third kappa shape index (κ3) is 19.2. The number of hydrogen-bond donors (Lipinski definition) is 4. The van der Waals surface area contributed by atoms with E-state index in [1.54, 1.807) is 10.9 Å². The van der Waals surface area contributed by atoms with Gasteiger partial charge in [0.1, 0.15) is 50.0 Å². The average molecular weight is 1050 g/mol. The summed E-state index contributed by atoms with van der Waals surface area (Å²) in [5.41, 5.74) is 1.39. The highest BCUT2D eigenvalue weighted by Crippen LogP contribution is 2.26. The lowest BCUT2D eigenvalue weighted by Gasteiger charge is -2.35. The second-order valence-corrected chi connectivity index (χ2v) is 21.6. The minimum Gasteiger partial charge on any atom is -0.451 e. The van der Waals surface area contributed by atoms with E-state index in [0.29, 0.717) is 5.56 Å². The maximum atomic E-state index is 15.2. The van der Waals surface area contributed by atoms with Gasteiger partial charge in [0.15, 0.2) is 11.9 Å². The first-order valence-corrected chi connectivity index (χ1v) is 27.2. The van der Waals surface area contributed by atoms with Gasteiger partial charge in [0, 0.05) is 52.0 Å². The minimum atomic E-state index is -1.62. The summed E-state index contributed by atoms with van der Waals surface area (Å²) in [6, 6.07) is 0.208. The molecule has 1 saturated heterocycles. The molecule has 19 heteroatoms. The molecule has 0 saturated carbocycles. The molecule has 0 aliphatic carbocycles. The number of esters is 1. The van der Waals surface area contributed by atoms with Gasteiger partial charge in [-0.3, -0.25) is 33.6 Å². The lowest BCUT2D eigenvalue weighted by Crippen LogP contribution is -2.60. The number of amides is 6.